The molecule has 0 spiro atoms. The molecular formula is C27H24S2. The quantitative estimate of drug-likeness (QED) is 0.288. The second kappa shape index (κ2) is 8.77. The molecule has 2 heteroatoms. The molecule has 0 amide bonds. The summed E-state index contributed by atoms with van der Waals surface area (Å²) in [6.45, 7) is 7.93. The van der Waals surface area contributed by atoms with E-state index in [-0.39, 0.29) is 5.41 Å². The lowest BCUT2D eigenvalue weighted by Gasteiger charge is -2.30. The van der Waals surface area contributed by atoms with Gasteiger partial charge in [0.05, 0.1) is 0 Å². The van der Waals surface area contributed by atoms with Gasteiger partial charge in [-0.3, -0.25) is 0 Å². The van der Waals surface area contributed by atoms with Crippen LogP contribution >= 0.6 is 22.7 Å². The fraction of sp³-hybridized carbons (Fsp3) is 0.111. The van der Waals surface area contributed by atoms with Crippen LogP contribution in [0.4, 0.5) is 0 Å². The third-order valence-corrected chi connectivity index (χ3v) is 7.38. The first-order chi connectivity index (χ1) is 14.3. The molecule has 0 radical (unpaired) electrons. The first-order valence-corrected chi connectivity index (χ1v) is 11.5. The van der Waals surface area contributed by atoms with E-state index in [0.29, 0.717) is 0 Å². The first kappa shape index (κ1) is 19.6. The van der Waals surface area contributed by atoms with Gasteiger partial charge in [0.1, 0.15) is 0 Å². The molecule has 0 saturated heterocycles. The van der Waals surface area contributed by atoms with Crippen LogP contribution in [0.25, 0.3) is 20.9 Å². The lowest BCUT2D eigenvalue weighted by molar-refractivity contribution is 0.543. The maximum Gasteiger partial charge on any atom is 0.0442 e. The molecule has 0 nitrogen and oxygen atoms in total. The van der Waals surface area contributed by atoms with Gasteiger partial charge in [0.2, 0.25) is 0 Å². The van der Waals surface area contributed by atoms with E-state index in [0.717, 1.165) is 12.8 Å². The minimum absolute atomic E-state index is 0.0245. The van der Waals surface area contributed by atoms with Gasteiger partial charge in [0.15, 0.2) is 0 Å². The summed E-state index contributed by atoms with van der Waals surface area (Å²) in [5, 5.41) is 4.21. The van der Waals surface area contributed by atoms with Gasteiger partial charge in [-0.1, -0.05) is 72.8 Å². The summed E-state index contributed by atoms with van der Waals surface area (Å²) in [4.78, 5) is 2.74. The average Bonchev–Trinajstić information content (AvgIpc) is 3.51. The van der Waals surface area contributed by atoms with Crippen molar-refractivity contribution in [2.45, 2.75) is 18.3 Å². The van der Waals surface area contributed by atoms with E-state index in [9.17, 15) is 0 Å². The number of benzene rings is 2. The van der Waals surface area contributed by atoms with Gasteiger partial charge >= 0.3 is 0 Å². The summed E-state index contributed by atoms with van der Waals surface area (Å²) in [7, 11) is 0. The van der Waals surface area contributed by atoms with Crippen molar-refractivity contribution in [1.29, 1.82) is 0 Å². The second-order valence-corrected chi connectivity index (χ2v) is 9.01. The standard InChI is InChI=1S/C19H18.C8H6S2/c1-3-13-19(14-4-2)17-11-7-5-9-15(17)16-10-6-8-12-18(16)19;1-3-7(9-5-1)8-4-2-6-10-8/h3-12H,1-2,13-14H2;1-6H. The molecule has 144 valence electrons. The van der Waals surface area contributed by atoms with Crippen molar-refractivity contribution in [3.63, 3.8) is 0 Å². The van der Waals surface area contributed by atoms with E-state index in [1.54, 1.807) is 22.7 Å². The second-order valence-electron chi connectivity index (χ2n) is 7.11. The van der Waals surface area contributed by atoms with Crippen LogP contribution in [-0.2, 0) is 5.41 Å². The van der Waals surface area contributed by atoms with E-state index in [1.807, 2.05) is 12.2 Å². The molecule has 1 aliphatic rings. The maximum atomic E-state index is 3.96. The molecule has 2 heterocycles. The molecule has 0 aliphatic heterocycles. The first-order valence-electron chi connectivity index (χ1n) is 9.79. The van der Waals surface area contributed by atoms with Gasteiger partial charge in [-0.15, -0.1) is 35.8 Å². The summed E-state index contributed by atoms with van der Waals surface area (Å²) in [6.07, 6.45) is 5.96. The molecule has 0 fully saturated rings. The van der Waals surface area contributed by atoms with Crippen molar-refractivity contribution in [1.82, 2.24) is 0 Å². The summed E-state index contributed by atoms with van der Waals surface area (Å²) >= 11 is 3.58. The SMILES string of the molecule is C=CCC1(CC=C)c2ccccc2-c2ccccc21.c1csc(-c2cccs2)c1. The van der Waals surface area contributed by atoms with Crippen LogP contribution in [0.1, 0.15) is 24.0 Å². The number of thiophene rings is 2. The zero-order chi connectivity index (χ0) is 20.1. The van der Waals surface area contributed by atoms with E-state index < -0.39 is 0 Å². The highest BCUT2D eigenvalue weighted by Gasteiger charge is 2.40. The predicted molar refractivity (Wildman–Crippen MR) is 130 cm³/mol. The Hall–Kier alpha value is -2.68. The normalized spacial score (nSPS) is 13.0. The Morgan fingerprint density at radius 3 is 1.45 bits per heavy atom. The molecule has 0 unspecified atom stereocenters. The Kier molecular flexibility index (Phi) is 5.94. The van der Waals surface area contributed by atoms with Gasteiger partial charge in [-0.25, -0.2) is 0 Å². The van der Waals surface area contributed by atoms with Crippen LogP contribution in [0, 0.1) is 0 Å². The zero-order valence-electron chi connectivity index (χ0n) is 16.4. The topological polar surface area (TPSA) is 0 Å². The number of allylic oxidation sites excluding steroid dienone is 2. The molecule has 4 aromatic rings. The van der Waals surface area contributed by atoms with Gasteiger partial charge < -0.3 is 0 Å². The number of fused-ring (bicyclic) bond motifs is 3. The summed E-state index contributed by atoms with van der Waals surface area (Å²) < 4.78 is 0. The third kappa shape index (κ3) is 3.66. The Bertz CT molecular complexity index is 996. The maximum absolute atomic E-state index is 3.96. The Morgan fingerprint density at radius 2 is 1.07 bits per heavy atom. The Labute approximate surface area is 181 Å². The predicted octanol–water partition coefficient (Wildman–Crippen LogP) is 8.58. The van der Waals surface area contributed by atoms with Crippen molar-refractivity contribution < 1.29 is 0 Å². The highest BCUT2D eigenvalue weighted by Crippen LogP contribution is 2.52. The van der Waals surface area contributed by atoms with Crippen LogP contribution in [0.2, 0.25) is 0 Å². The molecule has 1 aliphatic carbocycles. The van der Waals surface area contributed by atoms with Gasteiger partial charge in [-0.05, 0) is 58.0 Å². The van der Waals surface area contributed by atoms with E-state index in [2.05, 4.69) is 96.7 Å². The number of hydrogen-bond acceptors (Lipinski definition) is 2. The van der Waals surface area contributed by atoms with Crippen LogP contribution in [0.5, 0.6) is 0 Å². The Morgan fingerprint density at radius 1 is 0.621 bits per heavy atom. The average molecular weight is 413 g/mol. The molecule has 5 rings (SSSR count). The number of hydrogen-bond donors (Lipinski definition) is 0. The van der Waals surface area contributed by atoms with Crippen molar-refractivity contribution >= 4 is 22.7 Å². The van der Waals surface area contributed by atoms with Gasteiger partial charge in [-0.2, -0.15) is 0 Å². The minimum atomic E-state index is 0.0245. The van der Waals surface area contributed by atoms with Crippen molar-refractivity contribution in [3.8, 4) is 20.9 Å². The lowest BCUT2D eigenvalue weighted by atomic mass is 9.73. The van der Waals surface area contributed by atoms with Crippen LogP contribution in [-0.4, -0.2) is 0 Å². The molecular weight excluding hydrogens is 388 g/mol. The highest BCUT2D eigenvalue weighted by molar-refractivity contribution is 7.20. The highest BCUT2D eigenvalue weighted by atomic mass is 32.1. The third-order valence-electron chi connectivity index (χ3n) is 5.45. The van der Waals surface area contributed by atoms with E-state index in [4.69, 9.17) is 0 Å². The summed E-state index contributed by atoms with van der Waals surface area (Å²) in [5.41, 5.74) is 5.58. The molecule has 0 atom stereocenters. The van der Waals surface area contributed by atoms with Crippen LogP contribution < -0.4 is 0 Å². The van der Waals surface area contributed by atoms with Crippen molar-refractivity contribution in [2.24, 2.45) is 0 Å². The Balaban J connectivity index is 0.000000171. The van der Waals surface area contributed by atoms with Gasteiger partial charge in [0.25, 0.3) is 0 Å². The monoisotopic (exact) mass is 412 g/mol. The van der Waals surface area contributed by atoms with Crippen LogP contribution in [0.15, 0.2) is 109 Å². The molecule has 0 bridgehead atoms. The van der Waals surface area contributed by atoms with E-state index in [1.165, 1.54) is 32.0 Å². The van der Waals surface area contributed by atoms with Gasteiger partial charge in [0, 0.05) is 15.2 Å². The summed E-state index contributed by atoms with van der Waals surface area (Å²) in [5.74, 6) is 0. The fourth-order valence-corrected chi connectivity index (χ4v) is 5.85. The number of rotatable bonds is 5. The van der Waals surface area contributed by atoms with Crippen molar-refractivity contribution in [2.75, 3.05) is 0 Å². The van der Waals surface area contributed by atoms with Crippen molar-refractivity contribution in [3.05, 3.63) is 120 Å². The smallest absolute Gasteiger partial charge is 0.0442 e. The molecule has 2 aromatic carbocycles. The van der Waals surface area contributed by atoms with E-state index >= 15 is 0 Å². The molecule has 2 aromatic heterocycles. The minimum Gasteiger partial charge on any atom is -0.143 e. The summed E-state index contributed by atoms with van der Waals surface area (Å²) in [6, 6.07) is 25.9. The fourth-order valence-electron chi connectivity index (χ4n) is 4.27. The largest absolute Gasteiger partial charge is 0.143 e. The molecule has 0 saturated carbocycles. The molecule has 0 N–H and O–H groups in total. The van der Waals surface area contributed by atoms with Crippen LogP contribution in [0.3, 0.4) is 0 Å². The lowest BCUT2D eigenvalue weighted by Crippen LogP contribution is -2.23. The zero-order valence-corrected chi connectivity index (χ0v) is 18.0. The molecule has 29 heavy (non-hydrogen) atoms.